The number of alkyl halides is 3. The number of likely N-dealkylation sites (tertiary alicyclic amines) is 1. The van der Waals surface area contributed by atoms with Crippen LogP contribution in [0.5, 0.6) is 11.5 Å². The highest BCUT2D eigenvalue weighted by Gasteiger charge is 2.43. The van der Waals surface area contributed by atoms with Crippen LogP contribution in [0.1, 0.15) is 23.2 Å². The molecule has 3 aliphatic rings. The monoisotopic (exact) mass is 607 g/mol. The van der Waals surface area contributed by atoms with Gasteiger partial charge in [0.2, 0.25) is 5.43 Å². The number of nitrogens with one attached hydrogen (secondary N) is 1. The van der Waals surface area contributed by atoms with Crippen LogP contribution in [-0.2, 0) is 4.79 Å². The molecule has 1 N–H and O–H groups in total. The number of fused-ring (bicyclic) bond motifs is 2. The predicted octanol–water partition coefficient (Wildman–Crippen LogP) is 3.93. The summed E-state index contributed by atoms with van der Waals surface area (Å²) >= 11 is 6.21. The van der Waals surface area contributed by atoms with E-state index in [-0.39, 0.29) is 59.8 Å². The van der Waals surface area contributed by atoms with E-state index in [1.807, 2.05) is 0 Å². The van der Waals surface area contributed by atoms with Crippen LogP contribution in [0.3, 0.4) is 0 Å². The zero-order chi connectivity index (χ0) is 29.8. The molecule has 42 heavy (non-hydrogen) atoms. The number of pyridine rings is 1. The lowest BCUT2D eigenvalue weighted by Gasteiger charge is -2.37. The molecule has 2 saturated heterocycles. The van der Waals surface area contributed by atoms with Crippen LogP contribution in [0.25, 0.3) is 16.6 Å². The third-order valence-corrected chi connectivity index (χ3v) is 8.08. The highest BCUT2D eigenvalue weighted by atomic mass is 35.5. The Labute approximate surface area is 242 Å². The van der Waals surface area contributed by atoms with Crippen molar-refractivity contribution >= 4 is 40.0 Å². The van der Waals surface area contributed by atoms with Gasteiger partial charge in [-0.3, -0.25) is 14.4 Å². The van der Waals surface area contributed by atoms with Crippen LogP contribution in [0.4, 0.5) is 23.2 Å². The third-order valence-electron chi connectivity index (χ3n) is 7.85. The molecule has 0 radical (unpaired) electrons. The first-order valence-corrected chi connectivity index (χ1v) is 13.9. The lowest BCUT2D eigenvalue weighted by atomic mass is 10.0. The number of hydrogen-bond acceptors (Lipinski definition) is 6. The first kappa shape index (κ1) is 28.3. The van der Waals surface area contributed by atoms with Gasteiger partial charge in [-0.05, 0) is 44.1 Å². The second-order valence-corrected chi connectivity index (χ2v) is 10.9. The summed E-state index contributed by atoms with van der Waals surface area (Å²) in [6.07, 6.45) is -1.42. The standard InChI is InChI=1S/C28H26ClF4N5O4/c29-16-3-4-20-21(13-16)42-25-22-17(14-19(30)23(25)36-9-11-37(12-10-36)27(41)28(31,32)33)24(39)18(15-38(20)22)26(40)34-5-8-35-6-1-2-7-35/h3-4,13-15H,1-2,5-12H2,(H,34,40). The first-order valence-electron chi connectivity index (χ1n) is 13.5. The summed E-state index contributed by atoms with van der Waals surface area (Å²) in [5.74, 6) is -3.20. The van der Waals surface area contributed by atoms with Gasteiger partial charge < -0.3 is 29.3 Å². The minimum absolute atomic E-state index is 0.0338. The van der Waals surface area contributed by atoms with E-state index in [4.69, 9.17) is 16.3 Å². The van der Waals surface area contributed by atoms with Gasteiger partial charge in [0.05, 0.1) is 11.1 Å². The zero-order valence-electron chi connectivity index (χ0n) is 22.3. The molecule has 9 nitrogen and oxygen atoms in total. The molecule has 3 aromatic rings. The molecule has 0 aliphatic carbocycles. The maximum atomic E-state index is 15.8. The SMILES string of the molecule is O=C(NCCN1CCCC1)c1cn2c3c(c(N4CCN(C(=O)C(F)(F)F)CC4)c(F)cc3c1=O)Oc1cc(Cl)ccc1-2. The lowest BCUT2D eigenvalue weighted by molar-refractivity contribution is -0.185. The van der Waals surface area contributed by atoms with Crippen LogP contribution in [0.2, 0.25) is 5.02 Å². The van der Waals surface area contributed by atoms with Crippen molar-refractivity contribution in [1.29, 1.82) is 0 Å². The number of aromatic nitrogens is 1. The number of carbonyl (C=O) groups is 2. The molecule has 3 aliphatic heterocycles. The molecule has 14 heteroatoms. The van der Waals surface area contributed by atoms with Crippen molar-refractivity contribution in [2.75, 3.05) is 57.3 Å². The average molecular weight is 608 g/mol. The van der Waals surface area contributed by atoms with Gasteiger partial charge in [-0.15, -0.1) is 0 Å². The van der Waals surface area contributed by atoms with E-state index >= 15 is 4.39 Å². The van der Waals surface area contributed by atoms with Crippen LogP contribution < -0.4 is 20.4 Å². The van der Waals surface area contributed by atoms with Gasteiger partial charge in [0.1, 0.15) is 16.8 Å². The van der Waals surface area contributed by atoms with E-state index in [9.17, 15) is 27.6 Å². The van der Waals surface area contributed by atoms with Crippen molar-refractivity contribution in [3.63, 3.8) is 0 Å². The van der Waals surface area contributed by atoms with E-state index < -0.39 is 29.2 Å². The summed E-state index contributed by atoms with van der Waals surface area (Å²) in [6, 6.07) is 5.78. The van der Waals surface area contributed by atoms with Crippen LogP contribution in [-0.4, -0.2) is 84.7 Å². The molecular formula is C28H26ClF4N5O4. The van der Waals surface area contributed by atoms with Crippen LogP contribution >= 0.6 is 11.6 Å². The maximum absolute atomic E-state index is 15.8. The quantitative estimate of drug-likeness (QED) is 0.346. The van der Waals surface area contributed by atoms with Crippen LogP contribution in [0, 0.1) is 5.82 Å². The molecule has 2 aromatic carbocycles. The topological polar surface area (TPSA) is 87.1 Å². The summed E-state index contributed by atoms with van der Waals surface area (Å²) in [7, 11) is 0. The Kier molecular flexibility index (Phi) is 7.26. The Bertz CT molecular complexity index is 1650. The number of amides is 2. The molecule has 0 bridgehead atoms. The van der Waals surface area contributed by atoms with Gasteiger partial charge >= 0.3 is 12.1 Å². The second kappa shape index (κ2) is 10.8. The van der Waals surface area contributed by atoms with E-state index in [1.54, 1.807) is 16.7 Å². The van der Waals surface area contributed by atoms with Crippen molar-refractivity contribution < 1.29 is 31.9 Å². The normalized spacial score (nSPS) is 16.9. The van der Waals surface area contributed by atoms with Crippen molar-refractivity contribution in [3.05, 3.63) is 57.1 Å². The minimum atomic E-state index is -5.01. The van der Waals surface area contributed by atoms with Gasteiger partial charge in [0.25, 0.3) is 5.91 Å². The molecule has 6 rings (SSSR count). The molecule has 0 spiro atoms. The van der Waals surface area contributed by atoms with Crippen LogP contribution in [0.15, 0.2) is 35.3 Å². The Morgan fingerprint density at radius 1 is 1.02 bits per heavy atom. The third kappa shape index (κ3) is 5.04. The maximum Gasteiger partial charge on any atom is 0.471 e. The fourth-order valence-corrected chi connectivity index (χ4v) is 5.94. The average Bonchev–Trinajstić information content (AvgIpc) is 3.47. The summed E-state index contributed by atoms with van der Waals surface area (Å²) in [4.78, 5) is 42.8. The van der Waals surface area contributed by atoms with E-state index in [0.717, 1.165) is 32.0 Å². The highest BCUT2D eigenvalue weighted by molar-refractivity contribution is 6.30. The summed E-state index contributed by atoms with van der Waals surface area (Å²) in [5, 5.41) is 3.02. The summed E-state index contributed by atoms with van der Waals surface area (Å²) < 4.78 is 62.3. The smallest absolute Gasteiger partial charge is 0.451 e. The zero-order valence-corrected chi connectivity index (χ0v) is 23.0. The fraction of sp³-hybridized carbons (Fsp3) is 0.393. The van der Waals surface area contributed by atoms with Crippen molar-refractivity contribution in [3.8, 4) is 17.2 Å². The number of rotatable bonds is 5. The number of carbonyl (C=O) groups excluding carboxylic acids is 2. The molecule has 2 amide bonds. The number of halogens is 5. The second-order valence-electron chi connectivity index (χ2n) is 10.5. The number of nitrogens with zero attached hydrogens (tertiary/aromatic N) is 4. The number of hydrogen-bond donors (Lipinski definition) is 1. The number of benzene rings is 2. The van der Waals surface area contributed by atoms with Crippen molar-refractivity contribution in [2.24, 2.45) is 0 Å². The van der Waals surface area contributed by atoms with E-state index in [1.165, 1.54) is 17.2 Å². The Balaban J connectivity index is 1.40. The van der Waals surface area contributed by atoms with E-state index in [2.05, 4.69) is 10.2 Å². The molecule has 4 heterocycles. The molecule has 0 unspecified atom stereocenters. The van der Waals surface area contributed by atoms with Gasteiger partial charge in [0.15, 0.2) is 17.3 Å². The number of piperazine rings is 1. The van der Waals surface area contributed by atoms with Gasteiger partial charge in [-0.25, -0.2) is 4.39 Å². The number of ether oxygens (including phenoxy) is 1. The Hall–Kier alpha value is -3.84. The summed E-state index contributed by atoms with van der Waals surface area (Å²) in [5.41, 5.74) is -0.268. The minimum Gasteiger partial charge on any atom is -0.451 e. The molecule has 0 saturated carbocycles. The number of anilines is 1. The lowest BCUT2D eigenvalue weighted by Crippen LogP contribution is -2.52. The van der Waals surface area contributed by atoms with Gasteiger partial charge in [0, 0.05) is 56.6 Å². The van der Waals surface area contributed by atoms with E-state index in [0.29, 0.717) is 28.7 Å². The molecular weight excluding hydrogens is 582 g/mol. The predicted molar refractivity (Wildman–Crippen MR) is 147 cm³/mol. The molecule has 222 valence electrons. The van der Waals surface area contributed by atoms with Gasteiger partial charge in [-0.2, -0.15) is 13.2 Å². The highest BCUT2D eigenvalue weighted by Crippen LogP contribution is 2.47. The molecule has 1 aromatic heterocycles. The van der Waals surface area contributed by atoms with Crippen molar-refractivity contribution in [2.45, 2.75) is 19.0 Å². The molecule has 0 atom stereocenters. The Morgan fingerprint density at radius 3 is 2.43 bits per heavy atom. The summed E-state index contributed by atoms with van der Waals surface area (Å²) in [6.45, 7) is 2.10. The fourth-order valence-electron chi connectivity index (χ4n) is 5.78. The van der Waals surface area contributed by atoms with Gasteiger partial charge in [-0.1, -0.05) is 11.6 Å². The Morgan fingerprint density at radius 2 is 1.74 bits per heavy atom. The van der Waals surface area contributed by atoms with Crippen molar-refractivity contribution in [1.82, 2.24) is 19.7 Å². The molecule has 2 fully saturated rings. The largest absolute Gasteiger partial charge is 0.471 e. The first-order chi connectivity index (χ1) is 20.0.